The van der Waals surface area contributed by atoms with Crippen LogP contribution in [0, 0.1) is 30.6 Å². The summed E-state index contributed by atoms with van der Waals surface area (Å²) in [7, 11) is 0. The average molecular weight is 613 g/mol. The third kappa shape index (κ3) is 5.50. The van der Waals surface area contributed by atoms with Gasteiger partial charge in [-0.15, -0.1) is 0 Å². The van der Waals surface area contributed by atoms with Gasteiger partial charge in [0.1, 0.15) is 5.82 Å². The number of hydrogen-bond acceptors (Lipinski definition) is 5. The fourth-order valence-corrected chi connectivity index (χ4v) is 7.43. The van der Waals surface area contributed by atoms with Gasteiger partial charge in [0, 0.05) is 39.4 Å². The Morgan fingerprint density at radius 3 is 2.50 bits per heavy atom. The second-order valence-electron chi connectivity index (χ2n) is 11.6. The Hall–Kier alpha value is -3.27. The molecule has 1 aliphatic carbocycles. The maximum absolute atomic E-state index is 14.0. The van der Waals surface area contributed by atoms with Gasteiger partial charge >= 0.3 is 0 Å². The number of aryl methyl sites for hydroxylation is 1. The monoisotopic (exact) mass is 611 g/mol. The Morgan fingerprint density at radius 2 is 1.80 bits per heavy atom. The Labute approximate surface area is 250 Å². The van der Waals surface area contributed by atoms with Crippen LogP contribution in [0.4, 0.5) is 5.69 Å². The summed E-state index contributed by atoms with van der Waals surface area (Å²) in [5.41, 5.74) is 15.3. The SMILES string of the molecule is Cc1cc(CSCc2ccccc2)c(C)c(C2C(C#N)=C(N)N(c3cccc(Br)c3)C3=C2C(=O)CC(C)(C)C3)c1. The molecule has 204 valence electrons. The van der Waals surface area contributed by atoms with Gasteiger partial charge in [-0.1, -0.05) is 83.9 Å². The van der Waals surface area contributed by atoms with E-state index in [2.05, 4.69) is 86.1 Å². The number of hydrogen-bond donors (Lipinski definition) is 1. The minimum absolute atomic E-state index is 0.0948. The first-order chi connectivity index (χ1) is 19.1. The molecule has 1 heterocycles. The number of Topliss-reactive ketones (excluding diaryl/α,β-unsaturated/α-hetero) is 1. The summed E-state index contributed by atoms with van der Waals surface area (Å²) in [6.07, 6.45) is 1.14. The quantitative estimate of drug-likeness (QED) is 0.303. The summed E-state index contributed by atoms with van der Waals surface area (Å²) in [5, 5.41) is 10.5. The molecule has 0 radical (unpaired) electrons. The van der Waals surface area contributed by atoms with E-state index in [9.17, 15) is 10.1 Å². The standard InChI is InChI=1S/C34H34BrN3OS/c1-21-13-24(20-40-19-23-9-6-5-7-10-23)22(2)27(14-21)31-28(18-36)33(37)38(26-12-8-11-25(35)15-26)29-16-34(3,4)17-30(39)32(29)31/h5-15,31H,16-17,19-20,37H2,1-4H3. The van der Waals surface area contributed by atoms with Gasteiger partial charge in [-0.3, -0.25) is 9.69 Å². The van der Waals surface area contributed by atoms with Crippen molar-refractivity contribution in [2.45, 2.75) is 58.0 Å². The van der Waals surface area contributed by atoms with Crippen molar-refractivity contribution in [2.75, 3.05) is 4.90 Å². The third-order valence-corrected chi connectivity index (χ3v) is 9.37. The van der Waals surface area contributed by atoms with Gasteiger partial charge in [-0.2, -0.15) is 17.0 Å². The highest BCUT2D eigenvalue weighted by Gasteiger charge is 2.45. The number of halogens is 1. The Balaban J connectivity index is 1.63. The number of benzene rings is 3. The van der Waals surface area contributed by atoms with Crippen LogP contribution in [0.3, 0.4) is 0 Å². The lowest BCUT2D eigenvalue weighted by Gasteiger charge is -2.44. The number of nitrogens with two attached hydrogens (primary N) is 1. The highest BCUT2D eigenvalue weighted by molar-refractivity contribution is 9.10. The van der Waals surface area contributed by atoms with E-state index in [1.807, 2.05) is 47.0 Å². The molecule has 3 aromatic rings. The van der Waals surface area contributed by atoms with Crippen LogP contribution in [0.1, 0.15) is 60.4 Å². The van der Waals surface area contributed by atoms with Crippen LogP contribution in [0.15, 0.2) is 93.9 Å². The zero-order valence-corrected chi connectivity index (χ0v) is 25.8. The van der Waals surface area contributed by atoms with E-state index in [4.69, 9.17) is 5.73 Å². The summed E-state index contributed by atoms with van der Waals surface area (Å²) < 4.78 is 0.911. The molecule has 3 aromatic carbocycles. The summed E-state index contributed by atoms with van der Waals surface area (Å²) in [6, 6.07) is 25.1. The first-order valence-corrected chi connectivity index (χ1v) is 15.5. The van der Waals surface area contributed by atoms with Crippen LogP contribution in [0.5, 0.6) is 0 Å². The molecule has 0 saturated carbocycles. The zero-order valence-electron chi connectivity index (χ0n) is 23.4. The zero-order chi connectivity index (χ0) is 28.6. The van der Waals surface area contributed by atoms with Crippen LogP contribution in [-0.4, -0.2) is 5.78 Å². The van der Waals surface area contributed by atoms with Gasteiger partial charge in [0.2, 0.25) is 0 Å². The second-order valence-corrected chi connectivity index (χ2v) is 13.5. The molecule has 4 nitrogen and oxygen atoms in total. The first kappa shape index (κ1) is 28.3. The van der Waals surface area contributed by atoms with Crippen LogP contribution < -0.4 is 10.6 Å². The van der Waals surface area contributed by atoms with E-state index in [1.165, 1.54) is 11.1 Å². The number of thioether (sulfide) groups is 1. The second kappa shape index (κ2) is 11.3. The largest absolute Gasteiger partial charge is 0.384 e. The minimum Gasteiger partial charge on any atom is -0.384 e. The minimum atomic E-state index is -0.482. The molecule has 2 aliphatic rings. The molecule has 0 spiro atoms. The number of nitriles is 1. The van der Waals surface area contributed by atoms with Gasteiger partial charge in [0.05, 0.1) is 17.6 Å². The van der Waals surface area contributed by atoms with Crippen LogP contribution in [-0.2, 0) is 16.3 Å². The molecular formula is C34H34BrN3OS. The fourth-order valence-electron chi connectivity index (χ4n) is 6.00. The highest BCUT2D eigenvalue weighted by atomic mass is 79.9. The van der Waals surface area contributed by atoms with E-state index in [1.54, 1.807) is 0 Å². The lowest BCUT2D eigenvalue weighted by molar-refractivity contribution is -0.118. The van der Waals surface area contributed by atoms with E-state index in [-0.39, 0.29) is 11.2 Å². The smallest absolute Gasteiger partial charge is 0.162 e. The maximum Gasteiger partial charge on any atom is 0.162 e. The summed E-state index contributed by atoms with van der Waals surface area (Å²) in [4.78, 5) is 15.9. The molecule has 0 bridgehead atoms. The van der Waals surface area contributed by atoms with E-state index in [0.29, 0.717) is 29.8 Å². The molecule has 1 unspecified atom stereocenters. The van der Waals surface area contributed by atoms with Crippen molar-refractivity contribution in [1.82, 2.24) is 0 Å². The molecule has 0 aromatic heterocycles. The number of anilines is 1. The maximum atomic E-state index is 14.0. The van der Waals surface area contributed by atoms with Crippen LogP contribution in [0.25, 0.3) is 0 Å². The molecule has 40 heavy (non-hydrogen) atoms. The Kier molecular flexibility index (Phi) is 7.99. The van der Waals surface area contributed by atoms with Gasteiger partial charge in [0.15, 0.2) is 5.78 Å². The summed E-state index contributed by atoms with van der Waals surface area (Å²) in [5.74, 6) is 1.78. The van der Waals surface area contributed by atoms with Gasteiger partial charge < -0.3 is 5.73 Å². The normalized spacial score (nSPS) is 18.6. The third-order valence-electron chi connectivity index (χ3n) is 7.83. The topological polar surface area (TPSA) is 70.1 Å². The molecule has 0 saturated heterocycles. The number of carbonyl (C=O) groups excluding carboxylic acids is 1. The van der Waals surface area contributed by atoms with Crippen molar-refractivity contribution in [2.24, 2.45) is 11.1 Å². The van der Waals surface area contributed by atoms with E-state index < -0.39 is 5.92 Å². The van der Waals surface area contributed by atoms with Crippen molar-refractivity contribution in [3.63, 3.8) is 0 Å². The lowest BCUT2D eigenvalue weighted by atomic mass is 9.68. The van der Waals surface area contributed by atoms with Crippen LogP contribution >= 0.6 is 27.7 Å². The number of rotatable bonds is 6. The Morgan fingerprint density at radius 1 is 1.05 bits per heavy atom. The van der Waals surface area contributed by atoms with Gasteiger partial charge in [-0.05, 0) is 66.1 Å². The number of allylic oxidation sites excluding steroid dienone is 3. The van der Waals surface area contributed by atoms with E-state index >= 15 is 0 Å². The number of ketones is 1. The van der Waals surface area contributed by atoms with Crippen molar-refractivity contribution >= 4 is 39.2 Å². The van der Waals surface area contributed by atoms with E-state index in [0.717, 1.165) is 44.1 Å². The number of carbonyl (C=O) groups is 1. The first-order valence-electron chi connectivity index (χ1n) is 13.5. The van der Waals surface area contributed by atoms with Gasteiger partial charge in [0.25, 0.3) is 0 Å². The summed E-state index contributed by atoms with van der Waals surface area (Å²) >= 11 is 5.45. The molecular weight excluding hydrogens is 578 g/mol. The molecule has 0 fully saturated rings. The lowest BCUT2D eigenvalue weighted by Crippen LogP contribution is -2.42. The number of nitrogens with zero attached hydrogens (tertiary/aromatic N) is 2. The fraction of sp³-hybridized carbons (Fsp3) is 0.294. The molecule has 5 rings (SSSR count). The predicted octanol–water partition coefficient (Wildman–Crippen LogP) is 8.44. The van der Waals surface area contributed by atoms with Crippen LogP contribution in [0.2, 0.25) is 0 Å². The molecule has 1 atom stereocenters. The Bertz CT molecular complexity index is 1580. The predicted molar refractivity (Wildman–Crippen MR) is 169 cm³/mol. The summed E-state index contributed by atoms with van der Waals surface area (Å²) in [6.45, 7) is 8.46. The molecule has 1 aliphatic heterocycles. The van der Waals surface area contributed by atoms with Crippen molar-refractivity contribution in [1.29, 1.82) is 5.26 Å². The molecule has 6 heteroatoms. The average Bonchev–Trinajstić information content (AvgIpc) is 2.90. The van der Waals surface area contributed by atoms with Gasteiger partial charge in [-0.25, -0.2) is 0 Å². The van der Waals surface area contributed by atoms with Crippen molar-refractivity contribution in [3.8, 4) is 6.07 Å². The molecule has 0 amide bonds. The van der Waals surface area contributed by atoms with Crippen molar-refractivity contribution < 1.29 is 4.79 Å². The molecule has 2 N–H and O–H groups in total. The van der Waals surface area contributed by atoms with Crippen molar-refractivity contribution in [3.05, 3.63) is 122 Å². The highest BCUT2D eigenvalue weighted by Crippen LogP contribution is 2.51.